The first-order valence-corrected chi connectivity index (χ1v) is 11.2. The lowest BCUT2D eigenvalue weighted by Gasteiger charge is -2.07. The summed E-state index contributed by atoms with van der Waals surface area (Å²) in [7, 11) is 0. The molecule has 0 aliphatic carbocycles. The van der Waals surface area contributed by atoms with Crippen LogP contribution in [-0.2, 0) is 25.7 Å². The van der Waals surface area contributed by atoms with E-state index in [-0.39, 0.29) is 12.3 Å². The summed E-state index contributed by atoms with van der Waals surface area (Å²) in [6.07, 6.45) is 1.19. The fourth-order valence-electron chi connectivity index (χ4n) is 2.93. The monoisotopic (exact) mass is 509 g/mol. The number of hydrogen-bond donors (Lipinski definition) is 4. The predicted octanol–water partition coefficient (Wildman–Crippen LogP) is 3.20. The molecule has 0 unspecified atom stereocenters. The molecule has 3 aromatic rings. The Labute approximate surface area is 212 Å². The van der Waals surface area contributed by atoms with Crippen LogP contribution < -0.4 is 21.4 Å². The number of amides is 4. The summed E-state index contributed by atoms with van der Waals surface area (Å²) in [6, 6.07) is 13.4. The van der Waals surface area contributed by atoms with Crippen molar-refractivity contribution in [3.05, 3.63) is 81.8 Å². The van der Waals surface area contributed by atoms with Gasteiger partial charge in [-0.05, 0) is 73.9 Å². The number of anilines is 2. The Hall–Kier alpha value is -4.44. The number of hydrazone groups is 1. The molecule has 1 heterocycles. The molecule has 11 heteroatoms. The average molecular weight is 510 g/mol. The van der Waals surface area contributed by atoms with Gasteiger partial charge in [-0.1, -0.05) is 23.7 Å². The summed E-state index contributed by atoms with van der Waals surface area (Å²) >= 11 is 5.90. The third-order valence-electron chi connectivity index (χ3n) is 5.09. The number of rotatable bonds is 6. The standard InChI is InChI=1S/C25H24ClN5O5/c1-14-5-7-18(10-16(14)3)29-23(33)22(32)27-12-19-8-9-20(36-19)13-28-31-25(35)24(34)30-21-11-17(26)6-4-15(21)2/h4-11,13H,12H2,1-3H3,(H,27,32)(H,29,33)(H,30,34)(H,31,35). The second-order valence-electron chi connectivity index (χ2n) is 7.85. The number of benzene rings is 2. The highest BCUT2D eigenvalue weighted by molar-refractivity contribution is 6.40. The second-order valence-corrected chi connectivity index (χ2v) is 8.29. The number of aryl methyl sites for hydroxylation is 3. The van der Waals surface area contributed by atoms with Gasteiger partial charge in [0.15, 0.2) is 0 Å². The van der Waals surface area contributed by atoms with Crippen molar-refractivity contribution in [2.24, 2.45) is 5.10 Å². The lowest BCUT2D eigenvalue weighted by atomic mass is 10.1. The Balaban J connectivity index is 1.45. The summed E-state index contributed by atoms with van der Waals surface area (Å²) in [5.41, 5.74) is 5.83. The molecule has 0 aliphatic rings. The summed E-state index contributed by atoms with van der Waals surface area (Å²) in [5.74, 6) is -2.93. The first kappa shape index (κ1) is 26.2. The zero-order chi connectivity index (χ0) is 26.2. The highest BCUT2D eigenvalue weighted by Gasteiger charge is 2.16. The molecule has 186 valence electrons. The van der Waals surface area contributed by atoms with Gasteiger partial charge in [-0.3, -0.25) is 19.2 Å². The van der Waals surface area contributed by atoms with E-state index in [1.54, 1.807) is 43.3 Å². The molecule has 2 aromatic carbocycles. The van der Waals surface area contributed by atoms with Crippen molar-refractivity contribution < 1.29 is 23.6 Å². The Morgan fingerprint density at radius 2 is 1.56 bits per heavy atom. The molecule has 10 nitrogen and oxygen atoms in total. The van der Waals surface area contributed by atoms with Crippen LogP contribution in [0.5, 0.6) is 0 Å². The molecule has 0 saturated heterocycles. The highest BCUT2D eigenvalue weighted by Crippen LogP contribution is 2.20. The molecule has 0 fully saturated rings. The Morgan fingerprint density at radius 3 is 2.31 bits per heavy atom. The molecule has 4 amide bonds. The number of nitrogens with zero attached hydrogens (tertiary/aromatic N) is 1. The van der Waals surface area contributed by atoms with Crippen molar-refractivity contribution in [1.29, 1.82) is 0 Å². The molecule has 0 aliphatic heterocycles. The van der Waals surface area contributed by atoms with Crippen LogP contribution in [0.4, 0.5) is 11.4 Å². The topological polar surface area (TPSA) is 142 Å². The first-order valence-electron chi connectivity index (χ1n) is 10.8. The van der Waals surface area contributed by atoms with E-state index in [1.807, 2.05) is 19.9 Å². The van der Waals surface area contributed by atoms with Gasteiger partial charge in [0.25, 0.3) is 0 Å². The molecule has 36 heavy (non-hydrogen) atoms. The number of nitrogens with one attached hydrogen (secondary N) is 4. The highest BCUT2D eigenvalue weighted by atomic mass is 35.5. The molecular formula is C25H24ClN5O5. The third kappa shape index (κ3) is 7.28. The van der Waals surface area contributed by atoms with Gasteiger partial charge in [0.1, 0.15) is 11.5 Å². The van der Waals surface area contributed by atoms with Crippen LogP contribution in [0.15, 0.2) is 58.0 Å². The minimum atomic E-state index is -0.987. The zero-order valence-electron chi connectivity index (χ0n) is 19.8. The van der Waals surface area contributed by atoms with E-state index in [1.165, 1.54) is 12.3 Å². The molecule has 3 rings (SSSR count). The van der Waals surface area contributed by atoms with Crippen molar-refractivity contribution in [2.75, 3.05) is 10.6 Å². The van der Waals surface area contributed by atoms with Crippen molar-refractivity contribution in [2.45, 2.75) is 27.3 Å². The van der Waals surface area contributed by atoms with Crippen LogP contribution >= 0.6 is 11.6 Å². The molecule has 4 N–H and O–H groups in total. The number of carbonyl (C=O) groups excluding carboxylic acids is 4. The maximum atomic E-state index is 12.1. The van der Waals surface area contributed by atoms with E-state index in [4.69, 9.17) is 16.0 Å². The van der Waals surface area contributed by atoms with Gasteiger partial charge < -0.3 is 20.4 Å². The van der Waals surface area contributed by atoms with Crippen molar-refractivity contribution in [1.82, 2.24) is 10.7 Å². The SMILES string of the molecule is Cc1ccc(NC(=O)C(=O)NCc2ccc(C=NNC(=O)C(=O)Nc3cc(Cl)ccc3C)o2)cc1C. The quantitative estimate of drug-likeness (QED) is 0.229. The van der Waals surface area contributed by atoms with Crippen LogP contribution in [0.2, 0.25) is 5.02 Å². The molecule has 1 aromatic heterocycles. The largest absolute Gasteiger partial charge is 0.458 e. The molecule has 0 radical (unpaired) electrons. The summed E-state index contributed by atoms with van der Waals surface area (Å²) in [4.78, 5) is 48.2. The Kier molecular flexibility index (Phi) is 8.58. The lowest BCUT2D eigenvalue weighted by Crippen LogP contribution is -2.34. The minimum absolute atomic E-state index is 0.0409. The van der Waals surface area contributed by atoms with Crippen molar-refractivity contribution in [3.8, 4) is 0 Å². The van der Waals surface area contributed by atoms with E-state index in [2.05, 4.69) is 26.5 Å². The lowest BCUT2D eigenvalue weighted by molar-refractivity contribution is -0.136. The van der Waals surface area contributed by atoms with Crippen LogP contribution in [0.25, 0.3) is 0 Å². The fourth-order valence-corrected chi connectivity index (χ4v) is 3.10. The number of carbonyl (C=O) groups is 4. The van der Waals surface area contributed by atoms with Gasteiger partial charge in [-0.15, -0.1) is 0 Å². The summed E-state index contributed by atoms with van der Waals surface area (Å²) in [6.45, 7) is 5.58. The maximum Gasteiger partial charge on any atom is 0.329 e. The van der Waals surface area contributed by atoms with Gasteiger partial charge in [0, 0.05) is 16.4 Å². The van der Waals surface area contributed by atoms with Crippen LogP contribution in [0, 0.1) is 20.8 Å². The van der Waals surface area contributed by atoms with Gasteiger partial charge >= 0.3 is 23.6 Å². The van der Waals surface area contributed by atoms with E-state index < -0.39 is 23.6 Å². The first-order chi connectivity index (χ1) is 17.1. The van der Waals surface area contributed by atoms with Crippen LogP contribution in [-0.4, -0.2) is 29.8 Å². The molecule has 0 atom stereocenters. The smallest absolute Gasteiger partial charge is 0.329 e. The van der Waals surface area contributed by atoms with E-state index in [0.717, 1.165) is 16.7 Å². The summed E-state index contributed by atoms with van der Waals surface area (Å²) < 4.78 is 5.47. The summed E-state index contributed by atoms with van der Waals surface area (Å²) in [5, 5.41) is 11.6. The second kappa shape index (κ2) is 11.8. The van der Waals surface area contributed by atoms with Crippen LogP contribution in [0.3, 0.4) is 0 Å². The molecular weight excluding hydrogens is 486 g/mol. The van der Waals surface area contributed by atoms with E-state index in [9.17, 15) is 19.2 Å². The molecule has 0 saturated carbocycles. The average Bonchev–Trinajstić information content (AvgIpc) is 3.29. The molecule has 0 spiro atoms. The van der Waals surface area contributed by atoms with E-state index in [0.29, 0.717) is 22.2 Å². The normalized spacial score (nSPS) is 10.7. The number of furan rings is 1. The predicted molar refractivity (Wildman–Crippen MR) is 136 cm³/mol. The van der Waals surface area contributed by atoms with Gasteiger partial charge in [0.2, 0.25) is 0 Å². The van der Waals surface area contributed by atoms with E-state index >= 15 is 0 Å². The Bertz CT molecular complexity index is 1350. The number of halogens is 1. The third-order valence-corrected chi connectivity index (χ3v) is 5.32. The minimum Gasteiger partial charge on any atom is -0.458 e. The fraction of sp³-hybridized carbons (Fsp3) is 0.160. The number of hydrogen-bond acceptors (Lipinski definition) is 6. The van der Waals surface area contributed by atoms with Gasteiger partial charge in [0.05, 0.1) is 12.8 Å². The van der Waals surface area contributed by atoms with Gasteiger partial charge in [-0.2, -0.15) is 5.10 Å². The van der Waals surface area contributed by atoms with Gasteiger partial charge in [-0.25, -0.2) is 5.43 Å². The maximum absolute atomic E-state index is 12.1. The van der Waals surface area contributed by atoms with Crippen LogP contribution in [0.1, 0.15) is 28.2 Å². The molecule has 0 bridgehead atoms. The Morgan fingerprint density at radius 1 is 0.833 bits per heavy atom. The zero-order valence-corrected chi connectivity index (χ0v) is 20.5. The van der Waals surface area contributed by atoms with Crippen molar-refractivity contribution >= 4 is 52.8 Å². The van der Waals surface area contributed by atoms with Crippen molar-refractivity contribution in [3.63, 3.8) is 0 Å².